The number of ketones is 1. The summed E-state index contributed by atoms with van der Waals surface area (Å²) in [6.07, 6.45) is 10.7. The molecule has 0 amide bonds. The molecule has 0 radical (unpaired) electrons. The Balaban J connectivity index is 4.48. The first-order valence-electron chi connectivity index (χ1n) is 7.41. The fourth-order valence-electron chi connectivity index (χ4n) is 2.32. The summed E-state index contributed by atoms with van der Waals surface area (Å²) in [7, 11) is 0. The third-order valence-electron chi connectivity index (χ3n) is 3.31. The number of carbonyl (C=O) groups excluding carboxylic acids is 1. The molecule has 0 atom stereocenters. The minimum absolute atomic E-state index is 0.00193. The number of aliphatic imine (C=N–C) groups is 1. The highest BCUT2D eigenvalue weighted by Crippen LogP contribution is 2.21. The van der Waals surface area contributed by atoms with Crippen LogP contribution in [0.4, 0.5) is 0 Å². The molecule has 0 aliphatic rings. The molecule has 0 spiro atoms. The molecule has 0 aromatic rings. The zero-order valence-corrected chi connectivity index (χ0v) is 13.0. The number of nitrogens with zero attached hydrogens (tertiary/aromatic N) is 1. The van der Waals surface area contributed by atoms with Crippen molar-refractivity contribution in [2.75, 3.05) is 0 Å². The molecule has 0 aromatic carbocycles. The van der Waals surface area contributed by atoms with Gasteiger partial charge in [-0.25, -0.2) is 0 Å². The van der Waals surface area contributed by atoms with Gasteiger partial charge in [0.1, 0.15) is 5.71 Å². The Morgan fingerprint density at radius 2 is 1.74 bits per heavy atom. The van der Waals surface area contributed by atoms with E-state index < -0.39 is 0 Å². The summed E-state index contributed by atoms with van der Waals surface area (Å²) in [5, 5.41) is 0. The summed E-state index contributed by atoms with van der Waals surface area (Å²) in [5.41, 5.74) is 1.74. The SMILES string of the molecule is C=CN=C(/C=C(\C)CCC(CCC)CCC)C(C)=O. The second-order valence-electron chi connectivity index (χ2n) is 5.23. The van der Waals surface area contributed by atoms with E-state index >= 15 is 0 Å². The zero-order valence-electron chi connectivity index (χ0n) is 13.0. The molecule has 0 aromatic heterocycles. The molecule has 0 heterocycles. The van der Waals surface area contributed by atoms with E-state index in [-0.39, 0.29) is 5.78 Å². The van der Waals surface area contributed by atoms with Gasteiger partial charge in [0.25, 0.3) is 0 Å². The van der Waals surface area contributed by atoms with Crippen LogP contribution in [0.15, 0.2) is 29.4 Å². The van der Waals surface area contributed by atoms with E-state index in [0.717, 1.165) is 12.3 Å². The summed E-state index contributed by atoms with van der Waals surface area (Å²) in [5.74, 6) is 0.813. The molecular weight excluding hydrogens is 234 g/mol. The lowest BCUT2D eigenvalue weighted by atomic mass is 9.91. The number of allylic oxidation sites excluding steroid dienone is 2. The van der Waals surface area contributed by atoms with Crippen LogP contribution in [0.3, 0.4) is 0 Å². The normalized spacial score (nSPS) is 12.9. The molecule has 0 fully saturated rings. The van der Waals surface area contributed by atoms with Gasteiger partial charge in [-0.3, -0.25) is 9.79 Å². The van der Waals surface area contributed by atoms with Crippen molar-refractivity contribution in [1.29, 1.82) is 0 Å². The first-order chi connectivity index (χ1) is 9.04. The average molecular weight is 263 g/mol. The highest BCUT2D eigenvalue weighted by atomic mass is 16.1. The van der Waals surface area contributed by atoms with Crippen LogP contribution >= 0.6 is 0 Å². The largest absolute Gasteiger partial charge is 0.293 e. The number of Topliss-reactive ketones (excluding diaryl/α,β-unsaturated/α-hetero) is 1. The van der Waals surface area contributed by atoms with E-state index in [0.29, 0.717) is 5.71 Å². The van der Waals surface area contributed by atoms with Gasteiger partial charge in [-0.05, 0) is 31.8 Å². The maximum atomic E-state index is 11.4. The topological polar surface area (TPSA) is 29.4 Å². The molecule has 0 unspecified atom stereocenters. The van der Waals surface area contributed by atoms with Gasteiger partial charge in [0.2, 0.25) is 0 Å². The van der Waals surface area contributed by atoms with Gasteiger partial charge in [0, 0.05) is 13.1 Å². The van der Waals surface area contributed by atoms with Gasteiger partial charge in [0.15, 0.2) is 5.78 Å². The fraction of sp³-hybridized carbons (Fsp3) is 0.647. The summed E-state index contributed by atoms with van der Waals surface area (Å²) in [6, 6.07) is 0. The Hall–Kier alpha value is -1.18. The van der Waals surface area contributed by atoms with Crippen LogP contribution in [-0.4, -0.2) is 11.5 Å². The molecule has 0 bridgehead atoms. The molecule has 2 nitrogen and oxygen atoms in total. The predicted octanol–water partition coefficient (Wildman–Crippen LogP) is 5.10. The Morgan fingerprint density at radius 1 is 1.16 bits per heavy atom. The number of carbonyl (C=O) groups is 1. The molecule has 0 saturated heterocycles. The fourth-order valence-corrected chi connectivity index (χ4v) is 2.32. The lowest BCUT2D eigenvalue weighted by molar-refractivity contribution is -0.111. The molecule has 108 valence electrons. The van der Waals surface area contributed by atoms with Gasteiger partial charge in [-0.1, -0.05) is 51.7 Å². The van der Waals surface area contributed by atoms with Crippen molar-refractivity contribution in [1.82, 2.24) is 0 Å². The Morgan fingerprint density at radius 3 is 2.16 bits per heavy atom. The third-order valence-corrected chi connectivity index (χ3v) is 3.31. The van der Waals surface area contributed by atoms with Crippen LogP contribution in [0.5, 0.6) is 0 Å². The average Bonchev–Trinajstić information content (AvgIpc) is 2.36. The first-order valence-corrected chi connectivity index (χ1v) is 7.41. The first kappa shape index (κ1) is 17.8. The van der Waals surface area contributed by atoms with E-state index in [1.54, 1.807) is 6.92 Å². The maximum absolute atomic E-state index is 11.4. The highest BCUT2D eigenvalue weighted by Gasteiger charge is 2.08. The van der Waals surface area contributed by atoms with Crippen molar-refractivity contribution in [2.45, 2.75) is 66.2 Å². The van der Waals surface area contributed by atoms with Crippen LogP contribution in [0.2, 0.25) is 0 Å². The Kier molecular flexibility index (Phi) is 10.1. The molecule has 0 aliphatic heterocycles. The van der Waals surface area contributed by atoms with Crippen molar-refractivity contribution in [2.24, 2.45) is 10.9 Å². The van der Waals surface area contributed by atoms with E-state index in [1.807, 2.05) is 6.08 Å². The van der Waals surface area contributed by atoms with Crippen molar-refractivity contribution in [3.05, 3.63) is 24.4 Å². The number of hydrogen-bond donors (Lipinski definition) is 0. The maximum Gasteiger partial charge on any atom is 0.178 e. The second-order valence-corrected chi connectivity index (χ2v) is 5.23. The minimum atomic E-state index is -0.00193. The third kappa shape index (κ3) is 8.52. The van der Waals surface area contributed by atoms with Gasteiger partial charge in [0.05, 0.1) is 0 Å². The smallest absolute Gasteiger partial charge is 0.178 e. The molecule has 19 heavy (non-hydrogen) atoms. The molecule has 0 N–H and O–H groups in total. The lowest BCUT2D eigenvalue weighted by Gasteiger charge is -2.15. The van der Waals surface area contributed by atoms with Gasteiger partial charge >= 0.3 is 0 Å². The molecule has 0 saturated carbocycles. The number of hydrogen-bond acceptors (Lipinski definition) is 2. The summed E-state index contributed by atoms with van der Waals surface area (Å²) < 4.78 is 0. The van der Waals surface area contributed by atoms with Crippen LogP contribution in [0.1, 0.15) is 66.2 Å². The molecule has 0 aliphatic carbocycles. The van der Waals surface area contributed by atoms with Crippen molar-refractivity contribution < 1.29 is 4.79 Å². The van der Waals surface area contributed by atoms with Crippen molar-refractivity contribution in [3.63, 3.8) is 0 Å². The Labute approximate surface area is 118 Å². The standard InChI is InChI=1S/C17H29NO/c1-6-9-16(10-7-2)12-11-14(4)13-17(15(5)19)18-8-3/h8,13,16H,3,6-7,9-12H2,1-2,4-5H3/b14-13+,18-17?. The van der Waals surface area contributed by atoms with E-state index in [2.05, 4.69) is 32.3 Å². The summed E-state index contributed by atoms with van der Waals surface area (Å²) in [6.45, 7) is 11.7. The van der Waals surface area contributed by atoms with Crippen molar-refractivity contribution in [3.8, 4) is 0 Å². The van der Waals surface area contributed by atoms with Gasteiger partial charge < -0.3 is 0 Å². The van der Waals surface area contributed by atoms with Crippen LogP contribution in [0.25, 0.3) is 0 Å². The summed E-state index contributed by atoms with van der Waals surface area (Å²) >= 11 is 0. The monoisotopic (exact) mass is 263 g/mol. The summed E-state index contributed by atoms with van der Waals surface area (Å²) in [4.78, 5) is 15.4. The number of rotatable bonds is 10. The Bertz CT molecular complexity index is 333. The molecular formula is C17H29NO. The highest BCUT2D eigenvalue weighted by molar-refractivity contribution is 6.43. The van der Waals surface area contributed by atoms with E-state index in [4.69, 9.17) is 0 Å². The molecule has 2 heteroatoms. The minimum Gasteiger partial charge on any atom is -0.293 e. The zero-order chi connectivity index (χ0) is 14.7. The molecule has 0 rings (SSSR count). The van der Waals surface area contributed by atoms with Crippen LogP contribution < -0.4 is 0 Å². The van der Waals surface area contributed by atoms with E-state index in [1.165, 1.54) is 43.9 Å². The van der Waals surface area contributed by atoms with E-state index in [9.17, 15) is 4.79 Å². The predicted molar refractivity (Wildman–Crippen MR) is 84.6 cm³/mol. The van der Waals surface area contributed by atoms with Crippen LogP contribution in [-0.2, 0) is 4.79 Å². The lowest BCUT2D eigenvalue weighted by Crippen LogP contribution is -2.07. The van der Waals surface area contributed by atoms with Gasteiger partial charge in [-0.2, -0.15) is 0 Å². The quantitative estimate of drug-likeness (QED) is 0.504. The van der Waals surface area contributed by atoms with Crippen molar-refractivity contribution >= 4 is 11.5 Å². The van der Waals surface area contributed by atoms with Gasteiger partial charge in [-0.15, -0.1) is 0 Å². The van der Waals surface area contributed by atoms with Crippen LogP contribution in [0, 0.1) is 5.92 Å². The second kappa shape index (κ2) is 10.7.